The number of nitrogens with one attached hydrogen (secondary N) is 2. The van der Waals surface area contributed by atoms with E-state index in [0.717, 1.165) is 31.0 Å². The van der Waals surface area contributed by atoms with Crippen LogP contribution in [0.3, 0.4) is 0 Å². The minimum absolute atomic E-state index is 0.766. The Morgan fingerprint density at radius 1 is 0.821 bits per heavy atom. The summed E-state index contributed by atoms with van der Waals surface area (Å²) in [6, 6.07) is 27.3. The van der Waals surface area contributed by atoms with Crippen LogP contribution in [0.25, 0.3) is 11.1 Å². The van der Waals surface area contributed by atoms with Crippen LogP contribution in [0.2, 0.25) is 0 Å². The van der Waals surface area contributed by atoms with Crippen LogP contribution < -0.4 is 10.6 Å². The first kappa shape index (κ1) is 17.8. The van der Waals surface area contributed by atoms with Crippen LogP contribution in [0.4, 0.5) is 11.4 Å². The van der Waals surface area contributed by atoms with Crippen LogP contribution in [0.5, 0.6) is 0 Å². The molecular formula is C23H23N5. The van der Waals surface area contributed by atoms with Crippen molar-refractivity contribution in [3.05, 3.63) is 97.1 Å². The molecule has 0 aliphatic carbocycles. The third-order valence-corrected chi connectivity index (χ3v) is 4.57. The van der Waals surface area contributed by atoms with E-state index in [9.17, 15) is 0 Å². The lowest BCUT2D eigenvalue weighted by atomic mass is 10.0. The molecule has 4 aromatic rings. The molecular weight excluding hydrogens is 346 g/mol. The van der Waals surface area contributed by atoms with Gasteiger partial charge in [-0.25, -0.2) is 4.98 Å². The van der Waals surface area contributed by atoms with E-state index in [-0.39, 0.29) is 0 Å². The van der Waals surface area contributed by atoms with Crippen LogP contribution in [-0.4, -0.2) is 21.3 Å². The second kappa shape index (κ2) is 8.86. The smallest absolute Gasteiger partial charge is 0.137 e. The van der Waals surface area contributed by atoms with Gasteiger partial charge in [0.15, 0.2) is 0 Å². The summed E-state index contributed by atoms with van der Waals surface area (Å²) in [5.74, 6) is 0. The van der Waals surface area contributed by atoms with Crippen molar-refractivity contribution in [1.82, 2.24) is 14.8 Å². The first-order valence-corrected chi connectivity index (χ1v) is 9.42. The Morgan fingerprint density at radius 3 is 2.36 bits per heavy atom. The van der Waals surface area contributed by atoms with E-state index in [1.807, 2.05) is 16.8 Å². The predicted molar refractivity (Wildman–Crippen MR) is 114 cm³/mol. The van der Waals surface area contributed by atoms with Crippen molar-refractivity contribution < 1.29 is 0 Å². The van der Waals surface area contributed by atoms with Crippen molar-refractivity contribution in [2.45, 2.75) is 13.1 Å². The topological polar surface area (TPSA) is 54.8 Å². The van der Waals surface area contributed by atoms with Crippen molar-refractivity contribution in [3.63, 3.8) is 0 Å². The Morgan fingerprint density at radius 2 is 1.61 bits per heavy atom. The maximum atomic E-state index is 4.15. The molecule has 0 aliphatic heterocycles. The predicted octanol–water partition coefficient (Wildman–Crippen LogP) is 4.67. The van der Waals surface area contributed by atoms with Gasteiger partial charge in [0.25, 0.3) is 0 Å². The molecule has 5 nitrogen and oxygen atoms in total. The molecule has 0 atom stereocenters. The van der Waals surface area contributed by atoms with Gasteiger partial charge in [0.1, 0.15) is 12.7 Å². The third kappa shape index (κ3) is 4.57. The van der Waals surface area contributed by atoms with E-state index in [1.54, 1.807) is 12.7 Å². The molecule has 0 saturated carbocycles. The molecule has 1 aromatic heterocycles. The maximum absolute atomic E-state index is 4.15. The van der Waals surface area contributed by atoms with Gasteiger partial charge in [-0.15, -0.1) is 0 Å². The number of aromatic nitrogens is 3. The average Bonchev–Trinajstić information content (AvgIpc) is 3.28. The van der Waals surface area contributed by atoms with Gasteiger partial charge in [-0.05, 0) is 29.3 Å². The minimum Gasteiger partial charge on any atom is -0.383 e. The van der Waals surface area contributed by atoms with Gasteiger partial charge >= 0.3 is 0 Å². The molecule has 3 aromatic carbocycles. The normalized spacial score (nSPS) is 10.6. The average molecular weight is 369 g/mol. The molecule has 0 aliphatic rings. The molecule has 0 bridgehead atoms. The number of hydrogen-bond donors (Lipinski definition) is 2. The van der Waals surface area contributed by atoms with Crippen LogP contribution in [-0.2, 0) is 13.1 Å². The van der Waals surface area contributed by atoms with Crippen LogP contribution >= 0.6 is 0 Å². The number of nitrogens with zero attached hydrogens (tertiary/aromatic N) is 3. The Bertz CT molecular complexity index is 982. The summed E-state index contributed by atoms with van der Waals surface area (Å²) in [5.41, 5.74) is 5.84. The lowest BCUT2D eigenvalue weighted by molar-refractivity contribution is 0.636. The Hall–Kier alpha value is -3.60. The summed E-state index contributed by atoms with van der Waals surface area (Å²) >= 11 is 0. The molecule has 5 heteroatoms. The molecule has 0 fully saturated rings. The molecule has 0 radical (unpaired) electrons. The van der Waals surface area contributed by atoms with Crippen molar-refractivity contribution in [1.29, 1.82) is 0 Å². The summed E-state index contributed by atoms with van der Waals surface area (Å²) in [5, 5.41) is 11.2. The molecule has 0 spiro atoms. The molecule has 0 amide bonds. The van der Waals surface area contributed by atoms with E-state index in [0.29, 0.717) is 0 Å². The SMILES string of the molecule is c1ccc(CNc2ccc(NCCn3cncn3)c(-c3ccccc3)c2)cc1. The van der Waals surface area contributed by atoms with Crippen molar-refractivity contribution in [3.8, 4) is 11.1 Å². The van der Waals surface area contributed by atoms with E-state index < -0.39 is 0 Å². The summed E-state index contributed by atoms with van der Waals surface area (Å²) in [4.78, 5) is 3.99. The molecule has 4 rings (SSSR count). The van der Waals surface area contributed by atoms with Crippen LogP contribution in [0.15, 0.2) is 91.5 Å². The lowest BCUT2D eigenvalue weighted by Crippen LogP contribution is -2.11. The number of anilines is 2. The van der Waals surface area contributed by atoms with Crippen molar-refractivity contribution in [2.75, 3.05) is 17.2 Å². The molecule has 0 unspecified atom stereocenters. The van der Waals surface area contributed by atoms with Gasteiger partial charge in [0, 0.05) is 30.0 Å². The second-order valence-electron chi connectivity index (χ2n) is 6.55. The zero-order valence-corrected chi connectivity index (χ0v) is 15.6. The van der Waals surface area contributed by atoms with E-state index in [1.165, 1.54) is 16.7 Å². The third-order valence-electron chi connectivity index (χ3n) is 4.57. The molecule has 2 N–H and O–H groups in total. The zero-order valence-electron chi connectivity index (χ0n) is 15.6. The summed E-state index contributed by atoms with van der Waals surface area (Å²) in [6.45, 7) is 2.34. The first-order valence-electron chi connectivity index (χ1n) is 9.42. The fourth-order valence-electron chi connectivity index (χ4n) is 3.12. The quantitative estimate of drug-likeness (QED) is 0.474. The van der Waals surface area contributed by atoms with Crippen molar-refractivity contribution in [2.24, 2.45) is 0 Å². The first-order chi connectivity index (χ1) is 13.9. The highest BCUT2D eigenvalue weighted by Gasteiger charge is 2.07. The molecule has 28 heavy (non-hydrogen) atoms. The van der Waals surface area contributed by atoms with Gasteiger partial charge in [0.2, 0.25) is 0 Å². The second-order valence-corrected chi connectivity index (χ2v) is 6.55. The highest BCUT2D eigenvalue weighted by Crippen LogP contribution is 2.31. The zero-order chi connectivity index (χ0) is 19.0. The monoisotopic (exact) mass is 369 g/mol. The standard InChI is InChI=1S/C23H23N5/c1-3-7-19(8-4-1)16-26-21-11-12-23(25-13-14-28-18-24-17-27-28)22(15-21)20-9-5-2-6-10-20/h1-12,15,17-18,25-26H,13-14,16H2. The Labute approximate surface area is 165 Å². The highest BCUT2D eigenvalue weighted by atomic mass is 15.3. The fourth-order valence-corrected chi connectivity index (χ4v) is 3.12. The van der Waals surface area contributed by atoms with Gasteiger partial charge in [-0.1, -0.05) is 60.7 Å². The minimum atomic E-state index is 0.766. The summed E-state index contributed by atoms with van der Waals surface area (Å²) in [7, 11) is 0. The van der Waals surface area contributed by atoms with Crippen LogP contribution in [0, 0.1) is 0 Å². The van der Waals surface area contributed by atoms with E-state index >= 15 is 0 Å². The number of hydrogen-bond acceptors (Lipinski definition) is 4. The number of rotatable bonds is 8. The summed E-state index contributed by atoms with van der Waals surface area (Å²) in [6.07, 6.45) is 3.29. The molecule has 0 saturated heterocycles. The number of benzene rings is 3. The van der Waals surface area contributed by atoms with E-state index in [4.69, 9.17) is 0 Å². The van der Waals surface area contributed by atoms with Gasteiger partial charge in [-0.3, -0.25) is 4.68 Å². The molecule has 140 valence electrons. The Balaban J connectivity index is 1.51. The maximum Gasteiger partial charge on any atom is 0.137 e. The molecule has 1 heterocycles. The van der Waals surface area contributed by atoms with Gasteiger partial charge < -0.3 is 10.6 Å². The van der Waals surface area contributed by atoms with Crippen molar-refractivity contribution >= 4 is 11.4 Å². The van der Waals surface area contributed by atoms with Gasteiger partial charge in [0.05, 0.1) is 6.54 Å². The van der Waals surface area contributed by atoms with Gasteiger partial charge in [-0.2, -0.15) is 5.10 Å². The summed E-state index contributed by atoms with van der Waals surface area (Å²) < 4.78 is 1.82. The highest BCUT2D eigenvalue weighted by molar-refractivity contribution is 5.81. The Kier molecular flexibility index (Phi) is 5.63. The lowest BCUT2D eigenvalue weighted by Gasteiger charge is -2.15. The van der Waals surface area contributed by atoms with E-state index in [2.05, 4.69) is 87.4 Å². The van der Waals surface area contributed by atoms with Crippen LogP contribution in [0.1, 0.15) is 5.56 Å². The fraction of sp³-hybridized carbons (Fsp3) is 0.130. The largest absolute Gasteiger partial charge is 0.383 e.